The zero-order chi connectivity index (χ0) is 12.7. The van der Waals surface area contributed by atoms with Gasteiger partial charge in [0.05, 0.1) is 0 Å². The molecule has 0 spiro atoms. The van der Waals surface area contributed by atoms with Crippen molar-refractivity contribution in [2.45, 2.75) is 26.8 Å². The number of likely N-dealkylation sites (N-methyl/N-ethyl adjacent to an activating group) is 1. The topological polar surface area (TPSA) is 35.7 Å². The minimum absolute atomic E-state index is 0.542. The monoisotopic (exact) mass is 242 g/mol. The molecule has 4 heteroatoms. The lowest BCUT2D eigenvalue weighted by Crippen LogP contribution is -2.52. The summed E-state index contributed by atoms with van der Waals surface area (Å²) in [5.74, 6) is 0. The fourth-order valence-corrected chi connectivity index (χ4v) is 2.40. The molecule has 0 saturated carbocycles. The molecule has 0 radical (unpaired) electrons. The van der Waals surface area contributed by atoms with Crippen LogP contribution in [0.4, 0.5) is 0 Å². The maximum Gasteiger partial charge on any atom is 0.0191 e. The molecule has 2 N–H and O–H groups in total. The van der Waals surface area contributed by atoms with Gasteiger partial charge in [0, 0.05) is 51.9 Å². The quantitative estimate of drug-likeness (QED) is 0.696. The third kappa shape index (κ3) is 4.92. The summed E-state index contributed by atoms with van der Waals surface area (Å²) in [6.07, 6.45) is 0. The van der Waals surface area contributed by atoms with Crippen LogP contribution in [-0.4, -0.2) is 79.6 Å². The van der Waals surface area contributed by atoms with Gasteiger partial charge in [-0.15, -0.1) is 0 Å². The number of hydrogen-bond acceptors (Lipinski definition) is 4. The third-order valence-corrected chi connectivity index (χ3v) is 4.00. The van der Waals surface area contributed by atoms with Gasteiger partial charge >= 0.3 is 0 Å². The van der Waals surface area contributed by atoms with Gasteiger partial charge in [0.15, 0.2) is 0 Å². The second-order valence-electron chi connectivity index (χ2n) is 4.99. The fraction of sp³-hybridized carbons (Fsp3) is 1.00. The van der Waals surface area contributed by atoms with E-state index in [4.69, 9.17) is 5.73 Å². The van der Waals surface area contributed by atoms with E-state index in [0.29, 0.717) is 6.04 Å². The summed E-state index contributed by atoms with van der Waals surface area (Å²) in [6.45, 7) is 17.0. The molecule has 0 aromatic heterocycles. The zero-order valence-corrected chi connectivity index (χ0v) is 11.9. The lowest BCUT2D eigenvalue weighted by Gasteiger charge is -2.38. The van der Waals surface area contributed by atoms with E-state index < -0.39 is 0 Å². The van der Waals surface area contributed by atoms with Crippen LogP contribution in [0.1, 0.15) is 20.8 Å². The second kappa shape index (κ2) is 8.03. The highest BCUT2D eigenvalue weighted by atomic mass is 15.3. The van der Waals surface area contributed by atoms with Crippen LogP contribution in [0.15, 0.2) is 0 Å². The van der Waals surface area contributed by atoms with E-state index in [1.165, 1.54) is 52.4 Å². The van der Waals surface area contributed by atoms with Gasteiger partial charge in [0.1, 0.15) is 0 Å². The van der Waals surface area contributed by atoms with E-state index in [1.807, 2.05) is 0 Å². The highest BCUT2D eigenvalue weighted by molar-refractivity contribution is 4.77. The maximum atomic E-state index is 5.71. The molecule has 1 atom stereocenters. The van der Waals surface area contributed by atoms with E-state index in [-0.39, 0.29) is 0 Å². The second-order valence-corrected chi connectivity index (χ2v) is 4.99. The summed E-state index contributed by atoms with van der Waals surface area (Å²) in [5.41, 5.74) is 5.71. The Labute approximate surface area is 107 Å². The Morgan fingerprint density at radius 3 is 2.18 bits per heavy atom. The predicted molar refractivity (Wildman–Crippen MR) is 74.3 cm³/mol. The van der Waals surface area contributed by atoms with Crippen molar-refractivity contribution in [1.82, 2.24) is 14.7 Å². The molecule has 0 bridgehead atoms. The lowest BCUT2D eigenvalue weighted by atomic mass is 10.2. The first kappa shape index (κ1) is 14.9. The molecule has 1 fully saturated rings. The number of rotatable bonds is 7. The molecule has 1 aliphatic rings. The Balaban J connectivity index is 2.18. The third-order valence-electron chi connectivity index (χ3n) is 4.00. The largest absolute Gasteiger partial charge is 0.329 e. The van der Waals surface area contributed by atoms with Crippen molar-refractivity contribution in [3.8, 4) is 0 Å². The highest BCUT2D eigenvalue weighted by Crippen LogP contribution is 2.05. The van der Waals surface area contributed by atoms with Gasteiger partial charge in [-0.3, -0.25) is 9.80 Å². The summed E-state index contributed by atoms with van der Waals surface area (Å²) in [7, 11) is 0. The normalized spacial score (nSPS) is 21.0. The SMILES string of the molecule is CCN(CC)CCN1CCN(C(C)CN)CC1. The standard InChI is InChI=1S/C13H30N4/c1-4-15(5-2)6-7-16-8-10-17(11-9-16)13(3)12-14/h13H,4-12,14H2,1-3H3. The Morgan fingerprint density at radius 2 is 1.71 bits per heavy atom. The Bertz CT molecular complexity index is 186. The molecule has 0 amide bonds. The van der Waals surface area contributed by atoms with Gasteiger partial charge in [-0.1, -0.05) is 13.8 Å². The summed E-state index contributed by atoms with van der Waals surface area (Å²) < 4.78 is 0. The van der Waals surface area contributed by atoms with Crippen LogP contribution in [0, 0.1) is 0 Å². The van der Waals surface area contributed by atoms with Crippen LogP contribution in [0.25, 0.3) is 0 Å². The number of hydrogen-bond donors (Lipinski definition) is 1. The van der Waals surface area contributed by atoms with Crippen molar-refractivity contribution in [2.75, 3.05) is 58.9 Å². The lowest BCUT2D eigenvalue weighted by molar-refractivity contribution is 0.0967. The van der Waals surface area contributed by atoms with Gasteiger partial charge in [0.25, 0.3) is 0 Å². The predicted octanol–water partition coefficient (Wildman–Crippen LogP) is 0.293. The Morgan fingerprint density at radius 1 is 1.12 bits per heavy atom. The molecule has 1 unspecified atom stereocenters. The molecule has 0 aromatic carbocycles. The van der Waals surface area contributed by atoms with E-state index in [2.05, 4.69) is 35.5 Å². The van der Waals surface area contributed by atoms with Crippen molar-refractivity contribution >= 4 is 0 Å². The molecule has 4 nitrogen and oxygen atoms in total. The van der Waals surface area contributed by atoms with Gasteiger partial charge in [-0.05, 0) is 20.0 Å². The van der Waals surface area contributed by atoms with Crippen LogP contribution >= 0.6 is 0 Å². The summed E-state index contributed by atoms with van der Waals surface area (Å²) in [5, 5.41) is 0. The zero-order valence-electron chi connectivity index (χ0n) is 11.9. The first-order chi connectivity index (χ1) is 8.21. The number of nitrogens with two attached hydrogens (primary N) is 1. The molecule has 0 aliphatic carbocycles. The number of nitrogens with zero attached hydrogens (tertiary/aromatic N) is 3. The van der Waals surface area contributed by atoms with Crippen LogP contribution in [0.3, 0.4) is 0 Å². The summed E-state index contributed by atoms with van der Waals surface area (Å²) in [4.78, 5) is 7.58. The molecular weight excluding hydrogens is 212 g/mol. The highest BCUT2D eigenvalue weighted by Gasteiger charge is 2.19. The number of piperazine rings is 1. The van der Waals surface area contributed by atoms with Crippen molar-refractivity contribution in [2.24, 2.45) is 5.73 Å². The summed E-state index contributed by atoms with van der Waals surface area (Å²) in [6, 6.07) is 0.542. The Hall–Kier alpha value is -0.160. The minimum Gasteiger partial charge on any atom is -0.329 e. The molecular formula is C13H30N4. The average molecular weight is 242 g/mol. The average Bonchev–Trinajstić information content (AvgIpc) is 2.39. The van der Waals surface area contributed by atoms with Crippen molar-refractivity contribution in [3.63, 3.8) is 0 Å². The van der Waals surface area contributed by atoms with Crippen molar-refractivity contribution in [3.05, 3.63) is 0 Å². The van der Waals surface area contributed by atoms with Gasteiger partial charge < -0.3 is 10.6 Å². The van der Waals surface area contributed by atoms with Crippen LogP contribution in [0.2, 0.25) is 0 Å². The van der Waals surface area contributed by atoms with Crippen molar-refractivity contribution < 1.29 is 0 Å². The van der Waals surface area contributed by atoms with Crippen LogP contribution < -0.4 is 5.73 Å². The smallest absolute Gasteiger partial charge is 0.0191 e. The van der Waals surface area contributed by atoms with E-state index >= 15 is 0 Å². The first-order valence-electron chi connectivity index (χ1n) is 7.10. The Kier molecular flexibility index (Phi) is 7.04. The van der Waals surface area contributed by atoms with Gasteiger partial charge in [-0.2, -0.15) is 0 Å². The maximum absolute atomic E-state index is 5.71. The first-order valence-corrected chi connectivity index (χ1v) is 7.10. The van der Waals surface area contributed by atoms with Crippen LogP contribution in [-0.2, 0) is 0 Å². The van der Waals surface area contributed by atoms with E-state index in [0.717, 1.165) is 6.54 Å². The molecule has 1 heterocycles. The van der Waals surface area contributed by atoms with Crippen molar-refractivity contribution in [1.29, 1.82) is 0 Å². The molecule has 102 valence electrons. The molecule has 1 saturated heterocycles. The van der Waals surface area contributed by atoms with E-state index in [9.17, 15) is 0 Å². The molecule has 1 rings (SSSR count). The fourth-order valence-electron chi connectivity index (χ4n) is 2.40. The molecule has 17 heavy (non-hydrogen) atoms. The van der Waals surface area contributed by atoms with Crippen LogP contribution in [0.5, 0.6) is 0 Å². The van der Waals surface area contributed by atoms with E-state index in [1.54, 1.807) is 0 Å². The minimum atomic E-state index is 0.542. The summed E-state index contributed by atoms with van der Waals surface area (Å²) >= 11 is 0. The van der Waals surface area contributed by atoms with Gasteiger partial charge in [0.2, 0.25) is 0 Å². The van der Waals surface area contributed by atoms with Gasteiger partial charge in [-0.25, -0.2) is 0 Å². The molecule has 1 aliphatic heterocycles. The molecule has 0 aromatic rings.